The molecule has 0 saturated carbocycles. The number of hydrogen-bond acceptors (Lipinski definition) is 5. The van der Waals surface area contributed by atoms with Crippen molar-refractivity contribution in [3.05, 3.63) is 69.7 Å². The second kappa shape index (κ2) is 8.08. The largest absolute Gasteiger partial charge is 0.467 e. The van der Waals surface area contributed by atoms with Gasteiger partial charge >= 0.3 is 12.1 Å². The van der Waals surface area contributed by atoms with Gasteiger partial charge in [0.25, 0.3) is 5.91 Å². The Kier molecular flexibility index (Phi) is 5.73. The van der Waals surface area contributed by atoms with Crippen LogP contribution < -0.4 is 5.32 Å². The molecule has 1 amide bonds. The average Bonchev–Trinajstić information content (AvgIpc) is 3.34. The molecule has 0 spiro atoms. The molecule has 10 heteroatoms. The van der Waals surface area contributed by atoms with Crippen molar-refractivity contribution in [2.45, 2.75) is 19.1 Å². The molecule has 1 aromatic carbocycles. The number of esters is 1. The minimum Gasteiger partial charge on any atom is -0.467 e. The average molecular weight is 423 g/mol. The SMILES string of the molecule is COC(=O)C(NC(=O)c1cc(C)n(-c2cccc(C(F)(F)F)c2)n1)c1cccs1. The minimum atomic E-state index is -4.49. The van der Waals surface area contributed by atoms with E-state index in [-0.39, 0.29) is 11.4 Å². The number of nitrogens with zero attached hydrogens (tertiary/aromatic N) is 2. The van der Waals surface area contributed by atoms with Crippen molar-refractivity contribution >= 4 is 23.2 Å². The van der Waals surface area contributed by atoms with E-state index in [2.05, 4.69) is 10.4 Å². The van der Waals surface area contributed by atoms with E-state index in [4.69, 9.17) is 4.74 Å². The molecule has 1 atom stereocenters. The highest BCUT2D eigenvalue weighted by molar-refractivity contribution is 7.10. The lowest BCUT2D eigenvalue weighted by Crippen LogP contribution is -2.34. The lowest BCUT2D eigenvalue weighted by Gasteiger charge is -2.14. The molecule has 152 valence electrons. The molecule has 2 aromatic heterocycles. The van der Waals surface area contributed by atoms with Crippen molar-refractivity contribution in [1.29, 1.82) is 0 Å². The lowest BCUT2D eigenvalue weighted by molar-refractivity contribution is -0.143. The molecule has 3 aromatic rings. The molecule has 0 fully saturated rings. The smallest absolute Gasteiger partial charge is 0.416 e. The number of rotatable bonds is 5. The Morgan fingerprint density at radius 2 is 1.97 bits per heavy atom. The van der Waals surface area contributed by atoms with Gasteiger partial charge in [-0.2, -0.15) is 18.3 Å². The third-order valence-electron chi connectivity index (χ3n) is 4.08. The van der Waals surface area contributed by atoms with Crippen LogP contribution in [0.15, 0.2) is 47.8 Å². The summed E-state index contributed by atoms with van der Waals surface area (Å²) in [6.45, 7) is 1.61. The molecule has 0 bridgehead atoms. The summed E-state index contributed by atoms with van der Waals surface area (Å²) in [5.41, 5.74) is -0.232. The maximum absolute atomic E-state index is 13.0. The minimum absolute atomic E-state index is 0.0367. The van der Waals surface area contributed by atoms with Crippen LogP contribution in [0.25, 0.3) is 5.69 Å². The fraction of sp³-hybridized carbons (Fsp3) is 0.211. The first-order valence-electron chi connectivity index (χ1n) is 8.37. The highest BCUT2D eigenvalue weighted by Crippen LogP contribution is 2.30. The number of aryl methyl sites for hydroxylation is 1. The Labute approximate surface area is 167 Å². The van der Waals surface area contributed by atoms with Gasteiger partial charge in [0.2, 0.25) is 0 Å². The summed E-state index contributed by atoms with van der Waals surface area (Å²) in [6.07, 6.45) is -4.49. The van der Waals surface area contributed by atoms with Gasteiger partial charge in [-0.05, 0) is 42.6 Å². The number of alkyl halides is 3. The number of carbonyl (C=O) groups is 2. The van der Waals surface area contributed by atoms with Crippen LogP contribution in [0.2, 0.25) is 0 Å². The number of aromatic nitrogens is 2. The van der Waals surface area contributed by atoms with Crippen LogP contribution in [0.1, 0.15) is 32.7 Å². The molecule has 1 N–H and O–H groups in total. The number of thiophene rings is 1. The first-order valence-corrected chi connectivity index (χ1v) is 9.25. The molecule has 0 aliphatic heterocycles. The molecule has 0 saturated heterocycles. The van der Waals surface area contributed by atoms with Gasteiger partial charge in [0.1, 0.15) is 0 Å². The molecule has 2 heterocycles. The standard InChI is InChI=1S/C19H16F3N3O3S/c1-11-9-14(17(26)23-16(18(27)28-2)15-7-4-8-29-15)24-25(11)13-6-3-5-12(10-13)19(20,21)22/h3-10,16H,1-2H3,(H,23,26). The van der Waals surface area contributed by atoms with Gasteiger partial charge in [0.05, 0.1) is 18.4 Å². The molecule has 1 unspecified atom stereocenters. The van der Waals surface area contributed by atoms with E-state index in [1.165, 1.54) is 41.3 Å². The van der Waals surface area contributed by atoms with Gasteiger partial charge in [-0.1, -0.05) is 12.1 Å². The third kappa shape index (κ3) is 4.48. The quantitative estimate of drug-likeness (QED) is 0.632. The molecular formula is C19H16F3N3O3S. The monoisotopic (exact) mass is 423 g/mol. The Balaban J connectivity index is 1.88. The number of carbonyl (C=O) groups excluding carboxylic acids is 2. The number of hydrogen-bond donors (Lipinski definition) is 1. The molecule has 6 nitrogen and oxygen atoms in total. The molecule has 0 aliphatic rings. The van der Waals surface area contributed by atoms with Gasteiger partial charge in [-0.15, -0.1) is 11.3 Å². The van der Waals surface area contributed by atoms with E-state index in [0.717, 1.165) is 12.1 Å². The van der Waals surface area contributed by atoms with E-state index < -0.39 is 29.7 Å². The number of amides is 1. The van der Waals surface area contributed by atoms with Crippen molar-refractivity contribution in [3.63, 3.8) is 0 Å². The van der Waals surface area contributed by atoms with Gasteiger partial charge in [0.15, 0.2) is 11.7 Å². The fourth-order valence-corrected chi connectivity index (χ4v) is 3.45. The number of ether oxygens (including phenoxy) is 1. The van der Waals surface area contributed by atoms with Gasteiger partial charge in [0, 0.05) is 10.6 Å². The molecule has 3 rings (SSSR count). The Bertz CT molecular complexity index is 1030. The first kappa shape index (κ1) is 20.6. The first-order chi connectivity index (χ1) is 13.7. The highest BCUT2D eigenvalue weighted by Gasteiger charge is 2.31. The zero-order valence-corrected chi connectivity index (χ0v) is 16.2. The van der Waals surface area contributed by atoms with E-state index in [9.17, 15) is 22.8 Å². The summed E-state index contributed by atoms with van der Waals surface area (Å²) in [5.74, 6) is -1.29. The summed E-state index contributed by atoms with van der Waals surface area (Å²) < 4.78 is 44.9. The fourth-order valence-electron chi connectivity index (χ4n) is 2.69. The molecule has 29 heavy (non-hydrogen) atoms. The number of benzene rings is 1. The van der Waals surface area contributed by atoms with Crippen LogP contribution in [0.4, 0.5) is 13.2 Å². The maximum Gasteiger partial charge on any atom is 0.416 e. The van der Waals surface area contributed by atoms with Crippen molar-refractivity contribution in [3.8, 4) is 5.69 Å². The van der Waals surface area contributed by atoms with Gasteiger partial charge in [-0.25, -0.2) is 9.48 Å². The molecule has 0 aliphatic carbocycles. The van der Waals surface area contributed by atoms with E-state index in [1.807, 2.05) is 0 Å². The van der Waals surface area contributed by atoms with Gasteiger partial charge < -0.3 is 10.1 Å². The maximum atomic E-state index is 13.0. The normalized spacial score (nSPS) is 12.4. The van der Waals surface area contributed by atoms with Crippen molar-refractivity contribution in [1.82, 2.24) is 15.1 Å². The number of halogens is 3. The number of methoxy groups -OCH3 is 1. The van der Waals surface area contributed by atoms with Crippen LogP contribution in [-0.4, -0.2) is 28.8 Å². The lowest BCUT2D eigenvalue weighted by atomic mass is 10.2. The summed E-state index contributed by atoms with van der Waals surface area (Å²) in [4.78, 5) is 25.2. The third-order valence-corrected chi connectivity index (χ3v) is 5.02. The zero-order valence-electron chi connectivity index (χ0n) is 15.4. The highest BCUT2D eigenvalue weighted by atomic mass is 32.1. The predicted octanol–water partition coefficient (Wildman–Crippen LogP) is 3.91. The van der Waals surface area contributed by atoms with Crippen molar-refractivity contribution < 1.29 is 27.5 Å². The van der Waals surface area contributed by atoms with Crippen LogP contribution in [-0.2, 0) is 15.7 Å². The van der Waals surface area contributed by atoms with Crippen LogP contribution in [0, 0.1) is 6.92 Å². The summed E-state index contributed by atoms with van der Waals surface area (Å²) in [6, 6.07) is 8.46. The van der Waals surface area contributed by atoms with Crippen LogP contribution in [0.5, 0.6) is 0 Å². The zero-order chi connectivity index (χ0) is 21.2. The second-order valence-electron chi connectivity index (χ2n) is 6.08. The summed E-state index contributed by atoms with van der Waals surface area (Å²) >= 11 is 1.27. The topological polar surface area (TPSA) is 73.2 Å². The van der Waals surface area contributed by atoms with E-state index >= 15 is 0 Å². The van der Waals surface area contributed by atoms with Crippen LogP contribution >= 0.6 is 11.3 Å². The van der Waals surface area contributed by atoms with Crippen LogP contribution in [0.3, 0.4) is 0 Å². The number of nitrogens with one attached hydrogen (secondary N) is 1. The predicted molar refractivity (Wildman–Crippen MR) is 99.8 cm³/mol. The Hall–Kier alpha value is -3.14. The molecular weight excluding hydrogens is 407 g/mol. The Morgan fingerprint density at radius 3 is 2.59 bits per heavy atom. The summed E-state index contributed by atoms with van der Waals surface area (Å²) in [5, 5.41) is 8.42. The van der Waals surface area contributed by atoms with Crippen molar-refractivity contribution in [2.75, 3.05) is 7.11 Å². The van der Waals surface area contributed by atoms with Crippen molar-refractivity contribution in [2.24, 2.45) is 0 Å². The molecule has 0 radical (unpaired) electrons. The summed E-state index contributed by atoms with van der Waals surface area (Å²) in [7, 11) is 1.21. The van der Waals surface area contributed by atoms with Gasteiger partial charge in [-0.3, -0.25) is 4.79 Å². The Morgan fingerprint density at radius 1 is 1.21 bits per heavy atom. The van der Waals surface area contributed by atoms with E-state index in [1.54, 1.807) is 24.4 Å². The second-order valence-corrected chi connectivity index (χ2v) is 7.06. The van der Waals surface area contributed by atoms with E-state index in [0.29, 0.717) is 10.6 Å².